The van der Waals surface area contributed by atoms with Crippen molar-refractivity contribution < 1.29 is 32.0 Å². The van der Waals surface area contributed by atoms with Gasteiger partial charge < -0.3 is 19.8 Å². The van der Waals surface area contributed by atoms with E-state index < -0.39 is 39.7 Å². The number of rotatable bonds is 9. The number of aromatic nitrogens is 1. The number of hydrogen-bond donors (Lipinski definition) is 2. The van der Waals surface area contributed by atoms with Crippen LogP contribution in [0.2, 0.25) is 0 Å². The first-order chi connectivity index (χ1) is 18.1. The maximum absolute atomic E-state index is 13.2. The molecule has 0 unspecified atom stereocenters. The highest BCUT2D eigenvalue weighted by Gasteiger charge is 2.35. The van der Waals surface area contributed by atoms with Crippen molar-refractivity contribution in [3.8, 4) is 5.75 Å². The number of amides is 2. The van der Waals surface area contributed by atoms with Crippen LogP contribution in [0, 0.1) is 5.92 Å². The van der Waals surface area contributed by atoms with Gasteiger partial charge in [0.25, 0.3) is 15.9 Å². The maximum Gasteiger partial charge on any atom is 0.287 e. The number of nitrogens with one attached hydrogen (secondary N) is 2. The lowest BCUT2D eigenvalue weighted by atomic mass is 10.0. The van der Waals surface area contributed by atoms with Crippen LogP contribution in [0.3, 0.4) is 0 Å². The van der Waals surface area contributed by atoms with Gasteiger partial charge in [0, 0.05) is 23.5 Å². The van der Waals surface area contributed by atoms with Crippen LogP contribution in [0.5, 0.6) is 5.75 Å². The molecule has 204 valence electrons. The zero-order valence-corrected chi connectivity index (χ0v) is 22.9. The van der Waals surface area contributed by atoms with Crippen molar-refractivity contribution >= 4 is 49.9 Å². The predicted molar refractivity (Wildman–Crippen MR) is 141 cm³/mol. The van der Waals surface area contributed by atoms with Crippen LogP contribution in [0.15, 0.2) is 44.6 Å². The molecule has 2 atom stereocenters. The highest BCUT2D eigenvalue weighted by molar-refractivity contribution is 7.91. The van der Waals surface area contributed by atoms with E-state index in [9.17, 15) is 22.8 Å². The van der Waals surface area contributed by atoms with Crippen molar-refractivity contribution in [3.63, 3.8) is 0 Å². The van der Waals surface area contributed by atoms with Gasteiger partial charge >= 0.3 is 0 Å². The number of methoxy groups -OCH3 is 1. The lowest BCUT2D eigenvalue weighted by Gasteiger charge is -2.23. The number of sulfonamides is 1. The molecule has 1 aliphatic heterocycles. The number of benzene rings is 1. The minimum absolute atomic E-state index is 0.0448. The molecule has 1 aliphatic rings. The maximum atomic E-state index is 13.2. The smallest absolute Gasteiger partial charge is 0.287 e. The van der Waals surface area contributed by atoms with E-state index in [0.29, 0.717) is 29.6 Å². The molecule has 0 saturated carbocycles. The predicted octanol–water partition coefficient (Wildman–Crippen LogP) is 2.58. The number of ether oxygens (including phenoxy) is 1. The standard InChI is InChI=1S/C25H30N4O7S2/c1-15(2)11-19(28-24(32)22-13-16-12-17(35-3)6-7-21(16)36-22)23(31)27-18-5-4-9-29(14-20(18)30)38(33,34)25-26-8-10-37-25/h6-8,10,12-13,15,18-19H,4-5,9,11,14H2,1-3H3,(H,27,31)(H,28,32)/t18-,19-/m0/s1. The Morgan fingerprint density at radius 1 is 1.29 bits per heavy atom. The molecule has 0 aliphatic carbocycles. The Morgan fingerprint density at radius 3 is 2.76 bits per heavy atom. The Balaban J connectivity index is 1.44. The normalized spacial score (nSPS) is 17.8. The van der Waals surface area contributed by atoms with Gasteiger partial charge in [0.05, 0.1) is 19.7 Å². The van der Waals surface area contributed by atoms with Gasteiger partial charge in [-0.25, -0.2) is 13.4 Å². The Kier molecular flexibility index (Phi) is 8.48. The van der Waals surface area contributed by atoms with Gasteiger partial charge in [-0.05, 0) is 49.4 Å². The van der Waals surface area contributed by atoms with Gasteiger partial charge in [-0.2, -0.15) is 4.31 Å². The second-order valence-electron chi connectivity index (χ2n) is 9.48. The number of Topliss-reactive ketones (excluding diaryl/α,β-unsaturated/α-hetero) is 1. The molecule has 0 radical (unpaired) electrons. The van der Waals surface area contributed by atoms with E-state index in [-0.39, 0.29) is 35.5 Å². The average Bonchev–Trinajstić information content (AvgIpc) is 3.53. The van der Waals surface area contributed by atoms with Crippen LogP contribution in [-0.4, -0.2) is 67.6 Å². The number of fused-ring (bicyclic) bond motifs is 1. The van der Waals surface area contributed by atoms with Crippen molar-refractivity contribution in [2.24, 2.45) is 5.92 Å². The third kappa shape index (κ3) is 6.22. The molecule has 2 aromatic heterocycles. The molecular formula is C25H30N4O7S2. The molecule has 1 aromatic carbocycles. The quantitative estimate of drug-likeness (QED) is 0.404. The van der Waals surface area contributed by atoms with Crippen molar-refractivity contribution in [1.29, 1.82) is 0 Å². The van der Waals surface area contributed by atoms with Crippen molar-refractivity contribution in [2.75, 3.05) is 20.2 Å². The van der Waals surface area contributed by atoms with E-state index in [2.05, 4.69) is 15.6 Å². The van der Waals surface area contributed by atoms with Gasteiger partial charge in [-0.1, -0.05) is 13.8 Å². The summed E-state index contributed by atoms with van der Waals surface area (Å²) in [5.41, 5.74) is 0.502. The van der Waals surface area contributed by atoms with Crippen molar-refractivity contribution in [2.45, 2.75) is 49.5 Å². The summed E-state index contributed by atoms with van der Waals surface area (Å²) in [6.45, 7) is 3.61. The summed E-state index contributed by atoms with van der Waals surface area (Å²) in [6.07, 6.45) is 2.38. The highest BCUT2D eigenvalue weighted by Crippen LogP contribution is 2.25. The molecule has 13 heteroatoms. The zero-order chi connectivity index (χ0) is 27.4. The SMILES string of the molecule is COc1ccc2oc(C(=O)N[C@@H](CC(C)C)C(=O)N[C@H]3CCCN(S(=O)(=O)c4nccs4)CC3=O)cc2c1. The van der Waals surface area contributed by atoms with E-state index in [1.54, 1.807) is 36.8 Å². The van der Waals surface area contributed by atoms with Gasteiger partial charge in [-0.15, -0.1) is 11.3 Å². The number of hydrogen-bond acceptors (Lipinski definition) is 9. The first-order valence-corrected chi connectivity index (χ1v) is 14.5. The second-order valence-corrected chi connectivity index (χ2v) is 12.5. The topological polar surface area (TPSA) is 148 Å². The molecular weight excluding hydrogens is 532 g/mol. The fourth-order valence-electron chi connectivity index (χ4n) is 4.27. The van der Waals surface area contributed by atoms with Crippen molar-refractivity contribution in [3.05, 3.63) is 41.6 Å². The summed E-state index contributed by atoms with van der Waals surface area (Å²) >= 11 is 0.983. The summed E-state index contributed by atoms with van der Waals surface area (Å²) in [5, 5.41) is 7.70. The summed E-state index contributed by atoms with van der Waals surface area (Å²) in [4.78, 5) is 43.0. The molecule has 0 spiro atoms. The van der Waals surface area contributed by atoms with Crippen LogP contribution in [0.1, 0.15) is 43.7 Å². The molecule has 38 heavy (non-hydrogen) atoms. The van der Waals surface area contributed by atoms with Gasteiger partial charge in [0.1, 0.15) is 17.4 Å². The summed E-state index contributed by atoms with van der Waals surface area (Å²) < 4.78 is 37.6. The third-order valence-corrected chi connectivity index (χ3v) is 9.21. The van der Waals surface area contributed by atoms with Gasteiger partial charge in [0.15, 0.2) is 11.5 Å². The number of carbonyl (C=O) groups excluding carboxylic acids is 3. The largest absolute Gasteiger partial charge is 0.497 e. The Labute approximate surface area is 224 Å². The zero-order valence-electron chi connectivity index (χ0n) is 21.3. The molecule has 4 rings (SSSR count). The van der Waals surface area contributed by atoms with Crippen LogP contribution in [0.4, 0.5) is 0 Å². The molecule has 3 aromatic rings. The van der Waals surface area contributed by atoms with E-state index >= 15 is 0 Å². The number of nitrogens with zero attached hydrogens (tertiary/aromatic N) is 2. The minimum Gasteiger partial charge on any atom is -0.497 e. The number of ketones is 1. The summed E-state index contributed by atoms with van der Waals surface area (Å²) in [5.74, 6) is -0.767. The molecule has 2 amide bonds. The average molecular weight is 563 g/mol. The molecule has 1 fully saturated rings. The van der Waals surface area contributed by atoms with Crippen LogP contribution in [0.25, 0.3) is 11.0 Å². The molecule has 2 N–H and O–H groups in total. The Morgan fingerprint density at radius 2 is 2.08 bits per heavy atom. The lowest BCUT2D eigenvalue weighted by Crippen LogP contribution is -2.52. The van der Waals surface area contributed by atoms with Crippen molar-refractivity contribution in [1.82, 2.24) is 19.9 Å². The monoisotopic (exact) mass is 562 g/mol. The fraction of sp³-hybridized carbons (Fsp3) is 0.440. The molecule has 0 bridgehead atoms. The highest BCUT2D eigenvalue weighted by atomic mass is 32.2. The fourth-order valence-corrected chi connectivity index (χ4v) is 6.68. The van der Waals surface area contributed by atoms with E-state index in [4.69, 9.17) is 9.15 Å². The Bertz CT molecular complexity index is 1420. The first kappa shape index (κ1) is 27.7. The van der Waals surface area contributed by atoms with E-state index in [0.717, 1.165) is 15.6 Å². The third-order valence-electron chi connectivity index (χ3n) is 6.18. The Hall–Kier alpha value is -3.29. The number of furan rings is 1. The van der Waals surface area contributed by atoms with Gasteiger partial charge in [-0.3, -0.25) is 14.4 Å². The van der Waals surface area contributed by atoms with Crippen LogP contribution >= 0.6 is 11.3 Å². The second kappa shape index (κ2) is 11.6. The molecule has 1 saturated heterocycles. The molecule has 3 heterocycles. The number of carbonyl (C=O) groups is 3. The number of thiazole rings is 1. The summed E-state index contributed by atoms with van der Waals surface area (Å²) in [7, 11) is -2.35. The van der Waals surface area contributed by atoms with E-state index in [1.165, 1.54) is 6.20 Å². The molecule has 11 nitrogen and oxygen atoms in total. The van der Waals surface area contributed by atoms with Crippen LogP contribution < -0.4 is 15.4 Å². The lowest BCUT2D eigenvalue weighted by molar-refractivity contribution is -0.129. The minimum atomic E-state index is -3.89. The van der Waals surface area contributed by atoms with E-state index in [1.807, 2.05) is 13.8 Å². The first-order valence-electron chi connectivity index (χ1n) is 12.2. The summed E-state index contributed by atoms with van der Waals surface area (Å²) in [6, 6.07) is 4.93. The van der Waals surface area contributed by atoms with Gasteiger partial charge in [0.2, 0.25) is 10.2 Å². The van der Waals surface area contributed by atoms with Crippen LogP contribution in [-0.2, 0) is 19.6 Å².